The Hall–Kier alpha value is -1.76. The predicted molar refractivity (Wildman–Crippen MR) is 70.5 cm³/mol. The third-order valence-corrected chi connectivity index (χ3v) is 3.57. The molecule has 2 N–H and O–H groups in total. The number of β-amino-alcohol motifs (C(OH)–C–C–N with tert-alkyl or cyclic N) is 1. The van der Waals surface area contributed by atoms with Gasteiger partial charge in [-0.05, 0) is 38.0 Å². The van der Waals surface area contributed by atoms with Crippen LogP contribution in [0.4, 0.5) is 18.9 Å². The van der Waals surface area contributed by atoms with Crippen LogP contribution in [-0.4, -0.2) is 34.9 Å². The second-order valence-corrected chi connectivity index (χ2v) is 5.56. The van der Waals surface area contributed by atoms with Gasteiger partial charge in [0.1, 0.15) is 0 Å². The van der Waals surface area contributed by atoms with E-state index in [2.05, 4.69) is 0 Å². The second-order valence-electron chi connectivity index (χ2n) is 5.56. The zero-order chi connectivity index (χ0) is 15.8. The summed E-state index contributed by atoms with van der Waals surface area (Å²) < 4.78 is 38.0. The number of aliphatic hydroxyl groups is 1. The van der Waals surface area contributed by atoms with E-state index in [1.165, 1.54) is 0 Å². The van der Waals surface area contributed by atoms with Crippen molar-refractivity contribution in [2.75, 3.05) is 18.0 Å². The van der Waals surface area contributed by atoms with E-state index in [0.29, 0.717) is 25.5 Å². The molecule has 116 valence electrons. The van der Waals surface area contributed by atoms with Crippen LogP contribution in [0.1, 0.15) is 35.7 Å². The van der Waals surface area contributed by atoms with E-state index in [4.69, 9.17) is 5.11 Å². The Bertz CT molecular complexity index is 555. The number of nitrogens with zero attached hydrogens (tertiary/aromatic N) is 1. The second kappa shape index (κ2) is 5.22. The van der Waals surface area contributed by atoms with Crippen molar-refractivity contribution in [2.24, 2.45) is 0 Å². The van der Waals surface area contributed by atoms with Gasteiger partial charge < -0.3 is 15.1 Å². The number of halogens is 3. The van der Waals surface area contributed by atoms with Gasteiger partial charge in [0, 0.05) is 13.1 Å². The Kier molecular flexibility index (Phi) is 3.88. The molecule has 1 fully saturated rings. The van der Waals surface area contributed by atoms with Gasteiger partial charge in [0.2, 0.25) is 0 Å². The first-order chi connectivity index (χ1) is 9.60. The first-order valence-electron chi connectivity index (χ1n) is 6.52. The van der Waals surface area contributed by atoms with Crippen LogP contribution >= 0.6 is 0 Å². The van der Waals surface area contributed by atoms with Gasteiger partial charge in [-0.25, -0.2) is 4.79 Å². The Morgan fingerprint density at radius 2 is 2.05 bits per heavy atom. The summed E-state index contributed by atoms with van der Waals surface area (Å²) in [5.74, 6) is -1.42. The number of anilines is 1. The standard InChI is InChI=1S/C14H16F3NO3/c1-13(21)5-2-6-18(8-13)11-4-3-9(14(15,16)17)7-10(11)12(19)20/h3-4,7,21H,2,5-6,8H2,1H3,(H,19,20). The fourth-order valence-electron chi connectivity index (χ4n) is 2.59. The van der Waals surface area contributed by atoms with Crippen LogP contribution in [-0.2, 0) is 6.18 Å². The highest BCUT2D eigenvalue weighted by atomic mass is 19.4. The maximum Gasteiger partial charge on any atom is 0.416 e. The van der Waals surface area contributed by atoms with E-state index >= 15 is 0 Å². The molecule has 1 saturated heterocycles. The number of aromatic carboxylic acids is 1. The minimum absolute atomic E-state index is 0.193. The smallest absolute Gasteiger partial charge is 0.416 e. The van der Waals surface area contributed by atoms with Crippen LogP contribution in [0, 0.1) is 0 Å². The normalized spacial score (nSPS) is 23.2. The van der Waals surface area contributed by atoms with Gasteiger partial charge in [-0.15, -0.1) is 0 Å². The number of hydrogen-bond donors (Lipinski definition) is 2. The number of carbonyl (C=O) groups is 1. The Labute approximate surface area is 119 Å². The van der Waals surface area contributed by atoms with Gasteiger partial charge in [0.05, 0.1) is 22.4 Å². The average molecular weight is 303 g/mol. The molecule has 1 atom stereocenters. The van der Waals surface area contributed by atoms with Crippen molar-refractivity contribution in [1.82, 2.24) is 0 Å². The number of hydrogen-bond acceptors (Lipinski definition) is 3. The van der Waals surface area contributed by atoms with Gasteiger partial charge in [-0.2, -0.15) is 13.2 Å². The zero-order valence-electron chi connectivity index (χ0n) is 11.4. The van der Waals surface area contributed by atoms with Gasteiger partial charge in [-0.1, -0.05) is 0 Å². The van der Waals surface area contributed by atoms with Crippen molar-refractivity contribution in [2.45, 2.75) is 31.5 Å². The minimum atomic E-state index is -4.59. The molecule has 0 spiro atoms. The third-order valence-electron chi connectivity index (χ3n) is 3.57. The van der Waals surface area contributed by atoms with Crippen molar-refractivity contribution in [3.05, 3.63) is 29.3 Å². The molecule has 4 nitrogen and oxygen atoms in total. The highest BCUT2D eigenvalue weighted by Crippen LogP contribution is 2.34. The van der Waals surface area contributed by atoms with Crippen LogP contribution in [0.3, 0.4) is 0 Å². The number of piperidine rings is 1. The molecular formula is C14H16F3NO3. The third kappa shape index (κ3) is 3.47. The lowest BCUT2D eigenvalue weighted by atomic mass is 9.94. The summed E-state index contributed by atoms with van der Waals surface area (Å²) in [7, 11) is 0. The first kappa shape index (κ1) is 15.6. The molecule has 1 heterocycles. The Balaban J connectivity index is 2.42. The molecule has 7 heteroatoms. The Morgan fingerprint density at radius 1 is 1.38 bits per heavy atom. The lowest BCUT2D eigenvalue weighted by Crippen LogP contribution is -2.46. The molecule has 0 saturated carbocycles. The summed E-state index contributed by atoms with van der Waals surface area (Å²) >= 11 is 0. The van der Waals surface area contributed by atoms with Crippen molar-refractivity contribution in [1.29, 1.82) is 0 Å². The predicted octanol–water partition coefficient (Wildman–Crippen LogP) is 2.75. The van der Waals surface area contributed by atoms with E-state index in [1.807, 2.05) is 0 Å². The molecule has 0 aromatic heterocycles. The van der Waals surface area contributed by atoms with Crippen LogP contribution in [0.15, 0.2) is 18.2 Å². The molecule has 1 aromatic carbocycles. The molecule has 1 aliphatic rings. The minimum Gasteiger partial charge on any atom is -0.478 e. The van der Waals surface area contributed by atoms with Crippen LogP contribution in [0.5, 0.6) is 0 Å². The molecule has 0 bridgehead atoms. The van der Waals surface area contributed by atoms with Crippen LogP contribution in [0.2, 0.25) is 0 Å². The molecule has 1 unspecified atom stereocenters. The van der Waals surface area contributed by atoms with Crippen molar-refractivity contribution < 1.29 is 28.2 Å². The molecule has 2 rings (SSSR count). The molecule has 1 aliphatic heterocycles. The summed E-state index contributed by atoms with van der Waals surface area (Å²) in [6.07, 6.45) is -3.37. The van der Waals surface area contributed by atoms with Crippen LogP contribution in [0.25, 0.3) is 0 Å². The first-order valence-corrected chi connectivity index (χ1v) is 6.52. The number of benzene rings is 1. The van der Waals surface area contributed by atoms with Gasteiger partial charge >= 0.3 is 12.1 Å². The summed E-state index contributed by atoms with van der Waals surface area (Å²) in [6, 6.07) is 2.67. The zero-order valence-corrected chi connectivity index (χ0v) is 11.4. The van der Waals surface area contributed by atoms with Crippen LogP contribution < -0.4 is 4.90 Å². The lowest BCUT2D eigenvalue weighted by Gasteiger charge is -2.38. The highest BCUT2D eigenvalue weighted by molar-refractivity contribution is 5.94. The maximum atomic E-state index is 12.7. The van der Waals surface area contributed by atoms with Gasteiger partial charge in [0.25, 0.3) is 0 Å². The summed E-state index contributed by atoms with van der Waals surface area (Å²) in [4.78, 5) is 12.9. The van der Waals surface area contributed by atoms with Crippen molar-refractivity contribution >= 4 is 11.7 Å². The largest absolute Gasteiger partial charge is 0.478 e. The van der Waals surface area contributed by atoms with E-state index in [0.717, 1.165) is 12.1 Å². The number of alkyl halides is 3. The topological polar surface area (TPSA) is 60.8 Å². The van der Waals surface area contributed by atoms with Gasteiger partial charge in [-0.3, -0.25) is 0 Å². The quantitative estimate of drug-likeness (QED) is 0.882. The van der Waals surface area contributed by atoms with Gasteiger partial charge in [0.15, 0.2) is 0 Å². The van der Waals surface area contributed by atoms with E-state index in [9.17, 15) is 23.1 Å². The molecular weight excluding hydrogens is 287 g/mol. The molecule has 0 radical (unpaired) electrons. The highest BCUT2D eigenvalue weighted by Gasteiger charge is 2.34. The monoisotopic (exact) mass is 303 g/mol. The number of rotatable bonds is 2. The summed E-state index contributed by atoms with van der Waals surface area (Å²) in [6.45, 7) is 2.32. The summed E-state index contributed by atoms with van der Waals surface area (Å²) in [5.41, 5.74) is -2.16. The van der Waals surface area contributed by atoms with E-state index < -0.39 is 28.9 Å². The fraction of sp³-hybridized carbons (Fsp3) is 0.500. The maximum absolute atomic E-state index is 12.7. The molecule has 1 aromatic rings. The van der Waals surface area contributed by atoms with Crippen molar-refractivity contribution in [3.63, 3.8) is 0 Å². The summed E-state index contributed by atoms with van der Waals surface area (Å²) in [5, 5.41) is 19.2. The molecule has 0 aliphatic carbocycles. The molecule has 21 heavy (non-hydrogen) atoms. The Morgan fingerprint density at radius 3 is 2.57 bits per heavy atom. The number of carboxylic acid groups (broad SMARTS) is 1. The lowest BCUT2D eigenvalue weighted by molar-refractivity contribution is -0.137. The number of carboxylic acids is 1. The average Bonchev–Trinajstić information content (AvgIpc) is 2.35. The van der Waals surface area contributed by atoms with E-state index in [1.54, 1.807) is 11.8 Å². The fourth-order valence-corrected chi connectivity index (χ4v) is 2.59. The van der Waals surface area contributed by atoms with E-state index in [-0.39, 0.29) is 12.2 Å². The van der Waals surface area contributed by atoms with Crippen molar-refractivity contribution in [3.8, 4) is 0 Å². The molecule has 0 amide bonds. The SMILES string of the molecule is CC1(O)CCCN(c2ccc(C(F)(F)F)cc2C(=O)O)C1.